The van der Waals surface area contributed by atoms with Gasteiger partial charge in [-0.15, -0.1) is 0 Å². The lowest BCUT2D eigenvalue weighted by molar-refractivity contribution is -0.384. The molecule has 0 radical (unpaired) electrons. The van der Waals surface area contributed by atoms with Crippen LogP contribution >= 0.6 is 0 Å². The zero-order valence-electron chi connectivity index (χ0n) is 8.85. The summed E-state index contributed by atoms with van der Waals surface area (Å²) >= 11 is 0. The SMILES string of the molecule is CCCC/C=C\c1ccc([N+](=O)[O-])cc1. The zero-order chi connectivity index (χ0) is 11.1. The average Bonchev–Trinajstić information content (AvgIpc) is 2.25. The molecule has 3 nitrogen and oxygen atoms in total. The molecule has 0 N–H and O–H groups in total. The highest BCUT2D eigenvalue weighted by Gasteiger charge is 2.01. The van der Waals surface area contributed by atoms with Crippen molar-refractivity contribution in [3.8, 4) is 0 Å². The highest BCUT2D eigenvalue weighted by Crippen LogP contribution is 2.13. The van der Waals surface area contributed by atoms with Gasteiger partial charge in [-0.3, -0.25) is 10.1 Å². The standard InChI is InChI=1S/C12H15NO2/c1-2-3-4-5-6-11-7-9-12(10-8-11)13(14)15/h5-10H,2-4H2,1H3/b6-5-. The van der Waals surface area contributed by atoms with E-state index in [0.29, 0.717) is 0 Å². The molecule has 15 heavy (non-hydrogen) atoms. The molecule has 0 atom stereocenters. The van der Waals surface area contributed by atoms with Crippen LogP contribution in [0.15, 0.2) is 30.3 Å². The zero-order valence-corrected chi connectivity index (χ0v) is 8.85. The molecule has 1 aromatic rings. The van der Waals surface area contributed by atoms with Crippen molar-refractivity contribution in [2.24, 2.45) is 0 Å². The number of nitrogens with zero attached hydrogens (tertiary/aromatic N) is 1. The highest BCUT2D eigenvalue weighted by molar-refractivity contribution is 5.51. The molecular formula is C12H15NO2. The molecule has 0 aliphatic heterocycles. The van der Waals surface area contributed by atoms with Crippen LogP contribution in [0.25, 0.3) is 6.08 Å². The maximum atomic E-state index is 10.4. The quantitative estimate of drug-likeness (QED) is 0.417. The van der Waals surface area contributed by atoms with Gasteiger partial charge < -0.3 is 0 Å². The van der Waals surface area contributed by atoms with Gasteiger partial charge in [-0.2, -0.15) is 0 Å². The molecule has 0 unspecified atom stereocenters. The minimum absolute atomic E-state index is 0.140. The molecule has 0 aliphatic carbocycles. The molecule has 0 spiro atoms. The van der Waals surface area contributed by atoms with Gasteiger partial charge in [0, 0.05) is 12.1 Å². The van der Waals surface area contributed by atoms with Crippen LogP contribution in [-0.2, 0) is 0 Å². The summed E-state index contributed by atoms with van der Waals surface area (Å²) in [6.45, 7) is 2.15. The highest BCUT2D eigenvalue weighted by atomic mass is 16.6. The Balaban J connectivity index is 2.56. The van der Waals surface area contributed by atoms with Crippen molar-refractivity contribution in [2.75, 3.05) is 0 Å². The van der Waals surface area contributed by atoms with Crippen LogP contribution in [0.4, 0.5) is 5.69 Å². The molecule has 0 amide bonds. The fraction of sp³-hybridized carbons (Fsp3) is 0.333. The van der Waals surface area contributed by atoms with Gasteiger partial charge in [0.1, 0.15) is 0 Å². The predicted octanol–water partition coefficient (Wildman–Crippen LogP) is 3.80. The van der Waals surface area contributed by atoms with E-state index in [1.54, 1.807) is 12.1 Å². The van der Waals surface area contributed by atoms with Crippen molar-refractivity contribution < 1.29 is 4.92 Å². The molecule has 0 heterocycles. The molecule has 1 aromatic carbocycles. The Labute approximate surface area is 89.6 Å². The first kappa shape index (κ1) is 11.4. The fourth-order valence-corrected chi connectivity index (χ4v) is 1.25. The lowest BCUT2D eigenvalue weighted by atomic mass is 10.1. The molecule has 3 heteroatoms. The monoisotopic (exact) mass is 205 g/mol. The van der Waals surface area contributed by atoms with Crippen LogP contribution in [0.5, 0.6) is 0 Å². The molecule has 0 bridgehead atoms. The van der Waals surface area contributed by atoms with Crippen molar-refractivity contribution in [1.82, 2.24) is 0 Å². The van der Waals surface area contributed by atoms with Gasteiger partial charge in [0.05, 0.1) is 4.92 Å². The van der Waals surface area contributed by atoms with Crippen LogP contribution in [0.3, 0.4) is 0 Å². The Bertz CT molecular complexity index is 341. The minimum Gasteiger partial charge on any atom is -0.258 e. The molecule has 0 aliphatic rings. The van der Waals surface area contributed by atoms with E-state index in [1.807, 2.05) is 6.08 Å². The Hall–Kier alpha value is -1.64. The second-order valence-corrected chi connectivity index (χ2v) is 3.39. The van der Waals surface area contributed by atoms with Crippen LogP contribution in [0, 0.1) is 10.1 Å². The van der Waals surface area contributed by atoms with Gasteiger partial charge in [0.25, 0.3) is 5.69 Å². The smallest absolute Gasteiger partial charge is 0.258 e. The van der Waals surface area contributed by atoms with Gasteiger partial charge in [-0.05, 0) is 24.1 Å². The van der Waals surface area contributed by atoms with Crippen LogP contribution < -0.4 is 0 Å². The first-order chi connectivity index (χ1) is 7.24. The van der Waals surface area contributed by atoms with Gasteiger partial charge in [-0.1, -0.05) is 31.9 Å². The third-order valence-electron chi connectivity index (χ3n) is 2.14. The van der Waals surface area contributed by atoms with E-state index in [-0.39, 0.29) is 10.6 Å². The van der Waals surface area contributed by atoms with Crippen LogP contribution in [0.2, 0.25) is 0 Å². The third-order valence-corrected chi connectivity index (χ3v) is 2.14. The summed E-state index contributed by atoms with van der Waals surface area (Å²) in [7, 11) is 0. The maximum Gasteiger partial charge on any atom is 0.269 e. The summed E-state index contributed by atoms with van der Waals surface area (Å²) < 4.78 is 0. The van der Waals surface area contributed by atoms with Crippen molar-refractivity contribution in [2.45, 2.75) is 26.2 Å². The first-order valence-corrected chi connectivity index (χ1v) is 5.15. The molecular weight excluding hydrogens is 190 g/mol. The third kappa shape index (κ3) is 3.94. The number of benzene rings is 1. The lowest BCUT2D eigenvalue weighted by Crippen LogP contribution is -1.86. The van der Waals surface area contributed by atoms with E-state index in [0.717, 1.165) is 12.0 Å². The number of nitro groups is 1. The van der Waals surface area contributed by atoms with E-state index in [9.17, 15) is 10.1 Å². The number of hydrogen-bond acceptors (Lipinski definition) is 2. The second-order valence-electron chi connectivity index (χ2n) is 3.39. The van der Waals surface area contributed by atoms with Gasteiger partial charge >= 0.3 is 0 Å². The topological polar surface area (TPSA) is 43.1 Å². The summed E-state index contributed by atoms with van der Waals surface area (Å²) in [5.41, 5.74) is 1.15. The van der Waals surface area contributed by atoms with Crippen LogP contribution in [0.1, 0.15) is 31.7 Å². The summed E-state index contributed by atoms with van der Waals surface area (Å²) in [5, 5.41) is 10.4. The van der Waals surface area contributed by atoms with E-state index >= 15 is 0 Å². The van der Waals surface area contributed by atoms with Gasteiger partial charge in [-0.25, -0.2) is 0 Å². The summed E-state index contributed by atoms with van der Waals surface area (Å²) in [6, 6.07) is 6.58. The van der Waals surface area contributed by atoms with E-state index in [4.69, 9.17) is 0 Å². The summed E-state index contributed by atoms with van der Waals surface area (Å²) in [6.07, 6.45) is 7.53. The van der Waals surface area contributed by atoms with Gasteiger partial charge in [0.15, 0.2) is 0 Å². The van der Waals surface area contributed by atoms with E-state index < -0.39 is 0 Å². The van der Waals surface area contributed by atoms with Crippen molar-refractivity contribution >= 4 is 11.8 Å². The normalized spacial score (nSPS) is 10.7. The van der Waals surface area contributed by atoms with E-state index in [2.05, 4.69) is 13.0 Å². The second kappa shape index (κ2) is 5.96. The molecule has 80 valence electrons. The first-order valence-electron chi connectivity index (χ1n) is 5.15. The molecule has 0 fully saturated rings. The van der Waals surface area contributed by atoms with E-state index in [1.165, 1.54) is 25.0 Å². The molecule has 1 rings (SSSR count). The largest absolute Gasteiger partial charge is 0.269 e. The number of hydrogen-bond donors (Lipinski definition) is 0. The average molecular weight is 205 g/mol. The van der Waals surface area contributed by atoms with Crippen molar-refractivity contribution in [3.05, 3.63) is 46.0 Å². The Morgan fingerprint density at radius 3 is 2.53 bits per heavy atom. The predicted molar refractivity (Wildman–Crippen MR) is 61.7 cm³/mol. The van der Waals surface area contributed by atoms with Gasteiger partial charge in [0.2, 0.25) is 0 Å². The molecule has 0 saturated heterocycles. The summed E-state index contributed by atoms with van der Waals surface area (Å²) in [4.78, 5) is 10.0. The van der Waals surface area contributed by atoms with Crippen LogP contribution in [-0.4, -0.2) is 4.92 Å². The maximum absolute atomic E-state index is 10.4. The Kier molecular flexibility index (Phi) is 4.54. The lowest BCUT2D eigenvalue weighted by Gasteiger charge is -1.93. The number of rotatable bonds is 5. The number of nitro benzene ring substituents is 1. The number of unbranched alkanes of at least 4 members (excludes halogenated alkanes) is 2. The fourth-order valence-electron chi connectivity index (χ4n) is 1.25. The summed E-state index contributed by atoms with van der Waals surface area (Å²) in [5.74, 6) is 0. The Morgan fingerprint density at radius 1 is 1.33 bits per heavy atom. The molecule has 0 saturated carbocycles. The molecule has 0 aromatic heterocycles. The van der Waals surface area contributed by atoms with Crippen molar-refractivity contribution in [1.29, 1.82) is 0 Å². The minimum atomic E-state index is -0.384. The van der Waals surface area contributed by atoms with Crippen molar-refractivity contribution in [3.63, 3.8) is 0 Å². The Morgan fingerprint density at radius 2 is 2.00 bits per heavy atom. The number of allylic oxidation sites excluding steroid dienone is 1. The number of non-ortho nitro benzene ring substituents is 1.